The van der Waals surface area contributed by atoms with Crippen molar-refractivity contribution in [2.45, 2.75) is 65.0 Å². The van der Waals surface area contributed by atoms with Crippen molar-refractivity contribution in [3.8, 4) is 0 Å². The lowest BCUT2D eigenvalue weighted by Gasteiger charge is -2.41. The molecule has 3 aromatic rings. The van der Waals surface area contributed by atoms with Crippen LogP contribution in [0.1, 0.15) is 69.0 Å². The number of nitrogens with one attached hydrogen (secondary N) is 1. The number of fused-ring (bicyclic) bond motifs is 1. The number of hydrogen-bond donors (Lipinski definition) is 2. The lowest BCUT2D eigenvalue weighted by atomic mass is 9.82. The Morgan fingerprint density at radius 2 is 1.90 bits per heavy atom. The van der Waals surface area contributed by atoms with Crippen LogP contribution in [0.5, 0.6) is 0 Å². The molecule has 2 N–H and O–H groups in total. The number of nitrogens with zero attached hydrogens (tertiary/aromatic N) is 4. The molecule has 0 saturated carbocycles. The summed E-state index contributed by atoms with van der Waals surface area (Å²) < 4.78 is 51.7. The van der Waals surface area contributed by atoms with Crippen molar-refractivity contribution in [1.29, 1.82) is 0 Å². The zero-order valence-electron chi connectivity index (χ0n) is 23.7. The number of hydrogen-bond acceptors (Lipinski definition) is 7. The van der Waals surface area contributed by atoms with E-state index in [2.05, 4.69) is 20.3 Å². The maximum absolute atomic E-state index is 15.5. The van der Waals surface area contributed by atoms with E-state index in [1.165, 1.54) is 39.2 Å². The van der Waals surface area contributed by atoms with Crippen LogP contribution in [0.2, 0.25) is 0 Å². The van der Waals surface area contributed by atoms with E-state index in [-0.39, 0.29) is 11.5 Å². The number of amides is 1. The van der Waals surface area contributed by atoms with Crippen LogP contribution >= 0.6 is 0 Å². The zero-order valence-corrected chi connectivity index (χ0v) is 23.7. The van der Waals surface area contributed by atoms with Gasteiger partial charge >= 0.3 is 0 Å². The lowest BCUT2D eigenvalue weighted by Crippen LogP contribution is -2.47. The Balaban J connectivity index is 1.70. The largest absolute Gasteiger partial charge is 0.387 e. The first-order chi connectivity index (χ1) is 18.8. The quantitative estimate of drug-likeness (QED) is 0.408. The van der Waals surface area contributed by atoms with Crippen LogP contribution in [-0.2, 0) is 21.1 Å². The van der Waals surface area contributed by atoms with E-state index in [1.54, 1.807) is 18.9 Å². The second kappa shape index (κ2) is 10.9. The molecule has 1 amide bonds. The van der Waals surface area contributed by atoms with E-state index < -0.39 is 41.0 Å². The molecule has 3 heterocycles. The van der Waals surface area contributed by atoms with Gasteiger partial charge in [0.05, 0.1) is 22.6 Å². The highest BCUT2D eigenvalue weighted by Gasteiger charge is 2.47. The van der Waals surface area contributed by atoms with E-state index in [1.807, 2.05) is 13.0 Å². The van der Waals surface area contributed by atoms with Gasteiger partial charge in [-0.05, 0) is 32.8 Å². The molecule has 0 unspecified atom stereocenters. The third kappa shape index (κ3) is 5.24. The summed E-state index contributed by atoms with van der Waals surface area (Å²) in [7, 11) is 1.61. The first kappa shape index (κ1) is 29.7. The van der Waals surface area contributed by atoms with Crippen LogP contribution in [0.25, 0.3) is 11.0 Å². The molecule has 4 rings (SSSR count). The number of piperidine rings is 1. The Kier molecular flexibility index (Phi) is 8.11. The number of carbonyl (C=O) groups excluding carboxylic acids is 1. The molecule has 8 nitrogen and oxygen atoms in total. The van der Waals surface area contributed by atoms with Crippen molar-refractivity contribution in [3.63, 3.8) is 0 Å². The highest BCUT2D eigenvalue weighted by atomic mass is 19.3. The molecule has 1 atom stereocenters. The summed E-state index contributed by atoms with van der Waals surface area (Å²) in [6.45, 7) is 7.94. The fourth-order valence-electron chi connectivity index (χ4n) is 5.27. The third-order valence-electron chi connectivity index (χ3n) is 7.88. The average molecular weight is 560 g/mol. The number of ether oxygens (including phenoxy) is 1. The summed E-state index contributed by atoms with van der Waals surface area (Å²) in [5, 5.41) is 13.0. The molecular weight excluding hydrogens is 523 g/mol. The van der Waals surface area contributed by atoms with Crippen molar-refractivity contribution in [2.75, 3.05) is 32.1 Å². The molecule has 216 valence electrons. The van der Waals surface area contributed by atoms with Crippen molar-refractivity contribution in [3.05, 3.63) is 58.8 Å². The van der Waals surface area contributed by atoms with Gasteiger partial charge in [0.2, 0.25) is 5.91 Å². The van der Waals surface area contributed by atoms with E-state index in [4.69, 9.17) is 4.74 Å². The lowest BCUT2D eigenvalue weighted by molar-refractivity contribution is -0.140. The topological polar surface area (TPSA) is 100 Å². The first-order valence-electron chi connectivity index (χ1n) is 13.3. The Bertz CT molecular complexity index is 1400. The standard InChI is InChI=1S/C29H36F3N5O3/c1-17(19-8-7-9-21(24(19)30)29(31,32)27(3,4)5)35-25-20-14-22(18(2)36-26(20)34-16-33-25)28(40-6)10-12-37(13-11-28)23(39)15-38/h7-9,14,16-17,38H,10-13,15H2,1-6H3,(H,33,34,35,36)/t17-/m1/s1. The number of aromatic nitrogens is 3. The number of pyridine rings is 1. The fourth-order valence-corrected chi connectivity index (χ4v) is 5.27. The molecule has 0 aliphatic carbocycles. The van der Waals surface area contributed by atoms with Crippen molar-refractivity contribution in [2.24, 2.45) is 5.41 Å². The van der Waals surface area contributed by atoms with Crippen LogP contribution in [0.4, 0.5) is 19.0 Å². The van der Waals surface area contributed by atoms with Gasteiger partial charge in [0.15, 0.2) is 5.65 Å². The van der Waals surface area contributed by atoms with Gasteiger partial charge in [-0.3, -0.25) is 4.79 Å². The first-order valence-corrected chi connectivity index (χ1v) is 13.3. The summed E-state index contributed by atoms with van der Waals surface area (Å²) in [4.78, 5) is 26.9. The number of aliphatic hydroxyl groups excluding tert-OH is 1. The van der Waals surface area contributed by atoms with Gasteiger partial charge in [-0.15, -0.1) is 0 Å². The van der Waals surface area contributed by atoms with E-state index in [0.29, 0.717) is 48.5 Å². The SMILES string of the molecule is COC1(c2cc3c(N[C@H](C)c4cccc(C(F)(F)C(C)(C)C)c4F)ncnc3nc2C)CCN(C(=O)CO)CC1. The molecule has 0 spiro atoms. The summed E-state index contributed by atoms with van der Waals surface area (Å²) >= 11 is 0. The monoisotopic (exact) mass is 559 g/mol. The molecule has 1 aromatic carbocycles. The zero-order chi connectivity index (χ0) is 29.5. The summed E-state index contributed by atoms with van der Waals surface area (Å²) in [5.41, 5.74) is -0.827. The molecule has 1 saturated heterocycles. The number of carbonyl (C=O) groups is 1. The summed E-state index contributed by atoms with van der Waals surface area (Å²) in [6.07, 6.45) is 2.33. The fraction of sp³-hybridized carbons (Fsp3) is 0.517. The average Bonchev–Trinajstić information content (AvgIpc) is 2.91. The van der Waals surface area contributed by atoms with Gasteiger partial charge in [-0.2, -0.15) is 0 Å². The highest BCUT2D eigenvalue weighted by molar-refractivity contribution is 5.87. The maximum atomic E-state index is 15.5. The number of benzene rings is 1. The predicted octanol–water partition coefficient (Wildman–Crippen LogP) is 5.24. The number of methoxy groups -OCH3 is 1. The van der Waals surface area contributed by atoms with Crippen LogP contribution in [0.15, 0.2) is 30.6 Å². The number of halogens is 3. The van der Waals surface area contributed by atoms with Crippen LogP contribution < -0.4 is 5.32 Å². The molecule has 40 heavy (non-hydrogen) atoms. The van der Waals surface area contributed by atoms with Gasteiger partial charge in [-0.25, -0.2) is 28.1 Å². The number of alkyl halides is 2. The molecule has 0 radical (unpaired) electrons. The Hall–Kier alpha value is -3.31. The third-order valence-corrected chi connectivity index (χ3v) is 7.88. The van der Waals surface area contributed by atoms with Gasteiger partial charge in [0.25, 0.3) is 5.92 Å². The second-order valence-corrected chi connectivity index (χ2v) is 11.4. The minimum Gasteiger partial charge on any atom is -0.387 e. The van der Waals surface area contributed by atoms with E-state index >= 15 is 13.2 Å². The van der Waals surface area contributed by atoms with Gasteiger partial charge in [-0.1, -0.05) is 39.0 Å². The van der Waals surface area contributed by atoms with Gasteiger partial charge < -0.3 is 20.1 Å². The summed E-state index contributed by atoms with van der Waals surface area (Å²) in [5.74, 6) is -4.30. The van der Waals surface area contributed by atoms with Crippen molar-refractivity contribution in [1.82, 2.24) is 19.9 Å². The van der Waals surface area contributed by atoms with Crippen LogP contribution in [0.3, 0.4) is 0 Å². The Morgan fingerprint density at radius 1 is 1.23 bits per heavy atom. The second-order valence-electron chi connectivity index (χ2n) is 11.4. The molecule has 11 heteroatoms. The minimum atomic E-state index is -3.38. The van der Waals surface area contributed by atoms with Crippen LogP contribution in [-0.4, -0.2) is 57.7 Å². The highest BCUT2D eigenvalue weighted by Crippen LogP contribution is 2.46. The number of rotatable bonds is 7. The Labute approximate surface area is 232 Å². The molecule has 1 aliphatic heterocycles. The molecule has 0 bridgehead atoms. The van der Waals surface area contributed by atoms with E-state index in [0.717, 1.165) is 11.6 Å². The van der Waals surface area contributed by atoms with E-state index in [9.17, 15) is 9.90 Å². The Morgan fingerprint density at radius 3 is 2.50 bits per heavy atom. The normalized spacial score (nSPS) is 16.7. The van der Waals surface area contributed by atoms with Gasteiger partial charge in [0, 0.05) is 42.4 Å². The van der Waals surface area contributed by atoms with Crippen LogP contribution in [0, 0.1) is 18.2 Å². The van der Waals surface area contributed by atoms with Gasteiger partial charge in [0.1, 0.15) is 24.6 Å². The van der Waals surface area contributed by atoms with Crippen molar-refractivity contribution >= 4 is 22.8 Å². The smallest absolute Gasteiger partial charge is 0.280 e. The molecule has 2 aromatic heterocycles. The molecular formula is C29H36F3N5O3. The minimum absolute atomic E-state index is 0.0859. The summed E-state index contributed by atoms with van der Waals surface area (Å²) in [6, 6.07) is 5.22. The number of likely N-dealkylation sites (tertiary alicyclic amines) is 1. The van der Waals surface area contributed by atoms with Crippen molar-refractivity contribution < 1.29 is 27.8 Å². The maximum Gasteiger partial charge on any atom is 0.280 e. The number of aryl methyl sites for hydroxylation is 1. The predicted molar refractivity (Wildman–Crippen MR) is 145 cm³/mol. The number of aliphatic hydroxyl groups is 1. The molecule has 1 fully saturated rings. The number of anilines is 1. The molecule has 1 aliphatic rings.